The molecular weight excluding hydrogens is 274 g/mol. The van der Waals surface area contributed by atoms with Gasteiger partial charge in [0, 0.05) is 26.7 Å². The molecule has 4 nitrogen and oxygen atoms in total. The lowest BCUT2D eigenvalue weighted by molar-refractivity contribution is 0.205. The number of ether oxygens (including phenoxy) is 1. The van der Waals surface area contributed by atoms with E-state index < -0.39 is 0 Å². The Kier molecular flexibility index (Phi) is 7.88. The number of methoxy groups -OCH3 is 1. The summed E-state index contributed by atoms with van der Waals surface area (Å²) in [5.41, 5.74) is 2.19. The van der Waals surface area contributed by atoms with Crippen LogP contribution in [0.3, 0.4) is 0 Å². The SMILES string of the molecule is CCN(CC)Cc1nc(Cl)ccc1N(CC)CCOC. The van der Waals surface area contributed by atoms with Crippen LogP contribution in [0.1, 0.15) is 26.5 Å². The maximum atomic E-state index is 6.07. The first-order chi connectivity index (χ1) is 9.65. The van der Waals surface area contributed by atoms with Gasteiger partial charge in [0.05, 0.1) is 18.0 Å². The second kappa shape index (κ2) is 9.16. The topological polar surface area (TPSA) is 28.6 Å². The Morgan fingerprint density at radius 1 is 1.15 bits per heavy atom. The standard InChI is InChI=1S/C15H26ClN3O/c1-5-18(6-2)12-13-14(8-9-15(16)17-13)19(7-3)10-11-20-4/h8-9H,5-7,10-12H2,1-4H3. The summed E-state index contributed by atoms with van der Waals surface area (Å²) in [5, 5.41) is 0.554. The highest BCUT2D eigenvalue weighted by Gasteiger charge is 2.14. The van der Waals surface area contributed by atoms with Gasteiger partial charge in [0.1, 0.15) is 5.15 Å². The third-order valence-corrected chi connectivity index (χ3v) is 3.68. The molecule has 0 aliphatic rings. The van der Waals surface area contributed by atoms with Gasteiger partial charge in [-0.2, -0.15) is 0 Å². The second-order valence-corrected chi connectivity index (χ2v) is 5.02. The van der Waals surface area contributed by atoms with E-state index in [0.717, 1.165) is 44.1 Å². The molecule has 20 heavy (non-hydrogen) atoms. The van der Waals surface area contributed by atoms with Crippen LogP contribution in [0.25, 0.3) is 0 Å². The molecule has 0 aliphatic heterocycles. The predicted octanol–water partition coefficient (Wildman–Crippen LogP) is 3.05. The first kappa shape index (κ1) is 17.2. The van der Waals surface area contributed by atoms with Crippen molar-refractivity contribution in [1.29, 1.82) is 0 Å². The van der Waals surface area contributed by atoms with Gasteiger partial charge in [-0.1, -0.05) is 25.4 Å². The molecule has 0 aromatic carbocycles. The van der Waals surface area contributed by atoms with Gasteiger partial charge in [0.2, 0.25) is 0 Å². The third-order valence-electron chi connectivity index (χ3n) is 3.47. The van der Waals surface area contributed by atoms with E-state index in [9.17, 15) is 0 Å². The molecule has 0 atom stereocenters. The zero-order valence-electron chi connectivity index (χ0n) is 13.0. The van der Waals surface area contributed by atoms with Gasteiger partial charge in [-0.05, 0) is 32.1 Å². The number of nitrogens with zero attached hydrogens (tertiary/aromatic N) is 3. The predicted molar refractivity (Wildman–Crippen MR) is 85.6 cm³/mol. The Morgan fingerprint density at radius 3 is 2.40 bits per heavy atom. The number of hydrogen-bond donors (Lipinski definition) is 0. The zero-order valence-corrected chi connectivity index (χ0v) is 13.8. The number of rotatable bonds is 9. The van der Waals surface area contributed by atoms with E-state index in [2.05, 4.69) is 41.6 Å². The summed E-state index contributed by atoms with van der Waals surface area (Å²) < 4.78 is 5.18. The molecule has 0 spiro atoms. The van der Waals surface area contributed by atoms with Crippen LogP contribution in [0.2, 0.25) is 5.15 Å². The average molecular weight is 300 g/mol. The molecule has 0 radical (unpaired) electrons. The first-order valence-electron chi connectivity index (χ1n) is 7.27. The lowest BCUT2D eigenvalue weighted by atomic mass is 10.2. The minimum atomic E-state index is 0.554. The number of halogens is 1. The van der Waals surface area contributed by atoms with Gasteiger partial charge < -0.3 is 9.64 Å². The smallest absolute Gasteiger partial charge is 0.129 e. The maximum Gasteiger partial charge on any atom is 0.129 e. The van der Waals surface area contributed by atoms with Crippen LogP contribution in [-0.4, -0.2) is 49.8 Å². The summed E-state index contributed by atoms with van der Waals surface area (Å²) in [6.07, 6.45) is 0. The van der Waals surface area contributed by atoms with Crippen LogP contribution in [0, 0.1) is 0 Å². The van der Waals surface area contributed by atoms with Crippen molar-refractivity contribution in [3.63, 3.8) is 0 Å². The molecule has 5 heteroatoms. The molecule has 1 aromatic rings. The molecule has 0 N–H and O–H groups in total. The van der Waals surface area contributed by atoms with E-state index in [0.29, 0.717) is 11.8 Å². The van der Waals surface area contributed by atoms with Crippen molar-refractivity contribution in [2.75, 3.05) is 44.8 Å². The van der Waals surface area contributed by atoms with E-state index in [1.54, 1.807) is 7.11 Å². The highest BCUT2D eigenvalue weighted by molar-refractivity contribution is 6.29. The highest BCUT2D eigenvalue weighted by atomic mass is 35.5. The number of hydrogen-bond acceptors (Lipinski definition) is 4. The fraction of sp³-hybridized carbons (Fsp3) is 0.667. The Morgan fingerprint density at radius 2 is 1.85 bits per heavy atom. The Bertz CT molecular complexity index is 397. The van der Waals surface area contributed by atoms with Crippen molar-refractivity contribution in [2.45, 2.75) is 27.3 Å². The van der Waals surface area contributed by atoms with Gasteiger partial charge in [0.25, 0.3) is 0 Å². The van der Waals surface area contributed by atoms with Crippen molar-refractivity contribution in [3.05, 3.63) is 23.0 Å². The van der Waals surface area contributed by atoms with E-state index in [1.807, 2.05) is 6.07 Å². The lowest BCUT2D eigenvalue weighted by Crippen LogP contribution is -2.30. The molecule has 1 rings (SSSR count). The highest BCUT2D eigenvalue weighted by Crippen LogP contribution is 2.22. The molecule has 1 heterocycles. The van der Waals surface area contributed by atoms with E-state index >= 15 is 0 Å². The molecule has 0 aliphatic carbocycles. The molecule has 0 unspecified atom stereocenters. The normalized spacial score (nSPS) is 11.1. The Balaban J connectivity index is 2.98. The van der Waals surface area contributed by atoms with Crippen molar-refractivity contribution in [3.8, 4) is 0 Å². The van der Waals surface area contributed by atoms with Gasteiger partial charge in [0.15, 0.2) is 0 Å². The summed E-state index contributed by atoms with van der Waals surface area (Å²) in [5.74, 6) is 0. The number of aromatic nitrogens is 1. The molecule has 1 aromatic heterocycles. The molecule has 114 valence electrons. The van der Waals surface area contributed by atoms with Crippen LogP contribution >= 0.6 is 11.6 Å². The minimum Gasteiger partial charge on any atom is -0.383 e. The van der Waals surface area contributed by atoms with Crippen LogP contribution in [0.15, 0.2) is 12.1 Å². The third kappa shape index (κ3) is 4.93. The summed E-state index contributed by atoms with van der Waals surface area (Å²) in [6.45, 7) is 11.8. The van der Waals surface area contributed by atoms with Gasteiger partial charge in [-0.25, -0.2) is 4.98 Å². The second-order valence-electron chi connectivity index (χ2n) is 4.63. The molecule has 0 amide bonds. The molecule has 0 fully saturated rings. The van der Waals surface area contributed by atoms with Crippen molar-refractivity contribution in [1.82, 2.24) is 9.88 Å². The summed E-state index contributed by atoms with van der Waals surface area (Å²) in [7, 11) is 1.73. The maximum absolute atomic E-state index is 6.07. The molecule has 0 saturated heterocycles. The van der Waals surface area contributed by atoms with Gasteiger partial charge in [-0.15, -0.1) is 0 Å². The summed E-state index contributed by atoms with van der Waals surface area (Å²) in [6, 6.07) is 3.92. The fourth-order valence-corrected chi connectivity index (χ4v) is 2.35. The van der Waals surface area contributed by atoms with Gasteiger partial charge in [-0.3, -0.25) is 4.90 Å². The van der Waals surface area contributed by atoms with E-state index in [1.165, 1.54) is 0 Å². The van der Waals surface area contributed by atoms with Crippen molar-refractivity contribution < 1.29 is 4.74 Å². The number of anilines is 1. The largest absolute Gasteiger partial charge is 0.383 e. The van der Waals surface area contributed by atoms with Crippen molar-refractivity contribution >= 4 is 17.3 Å². The van der Waals surface area contributed by atoms with Crippen molar-refractivity contribution in [2.24, 2.45) is 0 Å². The average Bonchev–Trinajstić information content (AvgIpc) is 2.47. The van der Waals surface area contributed by atoms with E-state index in [-0.39, 0.29) is 0 Å². The number of pyridine rings is 1. The minimum absolute atomic E-state index is 0.554. The van der Waals surface area contributed by atoms with Crippen LogP contribution < -0.4 is 4.90 Å². The molecule has 0 saturated carbocycles. The summed E-state index contributed by atoms with van der Waals surface area (Å²) >= 11 is 6.07. The molecular formula is C15H26ClN3O. The fourth-order valence-electron chi connectivity index (χ4n) is 2.18. The summed E-state index contributed by atoms with van der Waals surface area (Å²) in [4.78, 5) is 9.15. The lowest BCUT2D eigenvalue weighted by Gasteiger charge is -2.27. The monoisotopic (exact) mass is 299 g/mol. The molecule has 0 bridgehead atoms. The zero-order chi connectivity index (χ0) is 15.0. The van der Waals surface area contributed by atoms with E-state index in [4.69, 9.17) is 16.3 Å². The van der Waals surface area contributed by atoms with Crippen LogP contribution in [-0.2, 0) is 11.3 Å². The Hall–Kier alpha value is -0.840. The quantitative estimate of drug-likeness (QED) is 0.655. The number of likely N-dealkylation sites (N-methyl/N-ethyl adjacent to an activating group) is 1. The first-order valence-corrected chi connectivity index (χ1v) is 7.65. The van der Waals surface area contributed by atoms with Gasteiger partial charge >= 0.3 is 0 Å². The Labute approximate surface area is 127 Å². The van der Waals surface area contributed by atoms with Crippen LogP contribution in [0.5, 0.6) is 0 Å². The van der Waals surface area contributed by atoms with Crippen LogP contribution in [0.4, 0.5) is 5.69 Å².